The maximum Gasteiger partial charge on any atom is 0.440 e. The average Bonchev–Trinajstić information content (AvgIpc) is 2.32. The Balaban J connectivity index is 2.94. The van der Waals surface area contributed by atoms with Gasteiger partial charge < -0.3 is 9.47 Å². The predicted octanol–water partition coefficient (Wildman–Crippen LogP) is 4.22. The monoisotopic (exact) mass is 470 g/mol. The molecule has 1 aromatic carbocycles. The summed E-state index contributed by atoms with van der Waals surface area (Å²) in [7, 11) is 0. The second kappa shape index (κ2) is 6.92. The van der Waals surface area contributed by atoms with Crippen LogP contribution in [0.2, 0.25) is 0 Å². The van der Waals surface area contributed by atoms with E-state index >= 15 is 0 Å². The first-order valence-corrected chi connectivity index (χ1v) is 7.13. The molecule has 0 saturated carbocycles. The summed E-state index contributed by atoms with van der Waals surface area (Å²) in [6.07, 6.45) is -5.46. The second-order valence-corrected chi connectivity index (χ2v) is 5.59. The molecule has 0 amide bonds. The SMILES string of the molecule is CC(Oc1cc(OC(F)(F)C(F)Br)ccc1I)C(=O)F. The third-order valence-electron chi connectivity index (χ3n) is 2.03. The molecule has 0 saturated heterocycles. The number of rotatable bonds is 6. The molecule has 3 nitrogen and oxygen atoms in total. The summed E-state index contributed by atoms with van der Waals surface area (Å²) >= 11 is 3.88. The third kappa shape index (κ3) is 4.76. The van der Waals surface area contributed by atoms with Crippen molar-refractivity contribution in [2.75, 3.05) is 0 Å². The first-order chi connectivity index (χ1) is 9.13. The van der Waals surface area contributed by atoms with E-state index in [-0.39, 0.29) is 11.5 Å². The topological polar surface area (TPSA) is 35.5 Å². The Morgan fingerprint density at radius 2 is 2.05 bits per heavy atom. The zero-order chi connectivity index (χ0) is 15.5. The number of ether oxygens (including phenoxy) is 2. The van der Waals surface area contributed by atoms with Gasteiger partial charge in [0.1, 0.15) is 11.5 Å². The molecule has 0 aliphatic heterocycles. The van der Waals surface area contributed by atoms with Crippen molar-refractivity contribution in [1.82, 2.24) is 0 Å². The van der Waals surface area contributed by atoms with Crippen molar-refractivity contribution >= 4 is 44.6 Å². The Morgan fingerprint density at radius 1 is 1.45 bits per heavy atom. The fourth-order valence-electron chi connectivity index (χ4n) is 1.08. The van der Waals surface area contributed by atoms with Gasteiger partial charge in [0.05, 0.1) is 3.57 Å². The van der Waals surface area contributed by atoms with E-state index in [4.69, 9.17) is 4.74 Å². The highest BCUT2D eigenvalue weighted by Gasteiger charge is 2.41. The summed E-state index contributed by atoms with van der Waals surface area (Å²) in [5.74, 6) is -0.409. The number of hydrogen-bond acceptors (Lipinski definition) is 3. The molecular formula is C11H8BrF4IO3. The molecular weight excluding hydrogens is 463 g/mol. The minimum absolute atomic E-state index is 0.0256. The largest absolute Gasteiger partial charge is 0.479 e. The zero-order valence-electron chi connectivity index (χ0n) is 9.88. The van der Waals surface area contributed by atoms with Crippen LogP contribution in [0.25, 0.3) is 0 Å². The number of carbonyl (C=O) groups is 1. The molecule has 0 radical (unpaired) electrons. The number of hydrogen-bond donors (Lipinski definition) is 0. The van der Waals surface area contributed by atoms with Crippen LogP contribution in [-0.4, -0.2) is 23.3 Å². The van der Waals surface area contributed by atoms with Crippen molar-refractivity contribution in [3.8, 4) is 11.5 Å². The molecule has 20 heavy (non-hydrogen) atoms. The number of alkyl halides is 4. The molecule has 2 atom stereocenters. The summed E-state index contributed by atoms with van der Waals surface area (Å²) in [4.78, 5) is 10.5. The first-order valence-electron chi connectivity index (χ1n) is 5.14. The molecule has 0 aliphatic carbocycles. The van der Waals surface area contributed by atoms with Gasteiger partial charge in [0.2, 0.25) is 0 Å². The molecule has 0 aliphatic rings. The van der Waals surface area contributed by atoms with Gasteiger partial charge in [-0.1, -0.05) is 0 Å². The van der Waals surface area contributed by atoms with E-state index in [0.29, 0.717) is 3.57 Å². The summed E-state index contributed by atoms with van der Waals surface area (Å²) in [5.41, 5.74) is 0. The third-order valence-corrected chi connectivity index (χ3v) is 3.46. The second-order valence-electron chi connectivity index (χ2n) is 3.62. The van der Waals surface area contributed by atoms with Crippen LogP contribution in [0.1, 0.15) is 6.92 Å². The Morgan fingerprint density at radius 3 is 2.55 bits per heavy atom. The van der Waals surface area contributed by atoms with Crippen molar-refractivity contribution < 1.29 is 31.8 Å². The summed E-state index contributed by atoms with van der Waals surface area (Å²) in [5, 5.41) is -2.69. The van der Waals surface area contributed by atoms with E-state index in [1.54, 1.807) is 22.6 Å². The van der Waals surface area contributed by atoms with Gasteiger partial charge in [0.25, 0.3) is 5.08 Å². The van der Waals surface area contributed by atoms with E-state index in [0.717, 1.165) is 13.0 Å². The van der Waals surface area contributed by atoms with E-state index in [2.05, 4.69) is 20.7 Å². The normalized spacial score (nSPS) is 14.6. The van der Waals surface area contributed by atoms with Gasteiger partial charge in [-0.25, -0.2) is 4.39 Å². The summed E-state index contributed by atoms with van der Waals surface area (Å²) in [6, 6.07) is 1.82. The van der Waals surface area contributed by atoms with Crippen LogP contribution in [0.4, 0.5) is 17.6 Å². The van der Waals surface area contributed by atoms with Gasteiger partial charge >= 0.3 is 12.1 Å². The molecule has 0 aromatic heterocycles. The van der Waals surface area contributed by atoms with Crippen LogP contribution in [0.15, 0.2) is 18.2 Å². The smallest absolute Gasteiger partial charge is 0.440 e. The lowest BCUT2D eigenvalue weighted by Crippen LogP contribution is -2.32. The van der Waals surface area contributed by atoms with Crippen molar-refractivity contribution in [3.63, 3.8) is 0 Å². The molecule has 1 rings (SSSR count). The molecule has 112 valence electrons. The minimum atomic E-state index is -4.08. The fraction of sp³-hybridized carbons (Fsp3) is 0.364. The Hall–Kier alpha value is -0.580. The predicted molar refractivity (Wildman–Crippen MR) is 74.8 cm³/mol. The lowest BCUT2D eigenvalue weighted by molar-refractivity contribution is -0.195. The van der Waals surface area contributed by atoms with Crippen LogP contribution < -0.4 is 9.47 Å². The van der Waals surface area contributed by atoms with E-state index in [1.807, 2.05) is 0 Å². The summed E-state index contributed by atoms with van der Waals surface area (Å²) in [6.45, 7) is 1.16. The lowest BCUT2D eigenvalue weighted by atomic mass is 10.3. The van der Waals surface area contributed by atoms with Crippen LogP contribution >= 0.6 is 38.5 Å². The van der Waals surface area contributed by atoms with Crippen molar-refractivity contribution in [3.05, 3.63) is 21.8 Å². The fourth-order valence-corrected chi connectivity index (χ4v) is 1.63. The molecule has 9 heteroatoms. The highest BCUT2D eigenvalue weighted by molar-refractivity contribution is 14.1. The Bertz CT molecular complexity index is 499. The van der Waals surface area contributed by atoms with Crippen LogP contribution in [0.5, 0.6) is 11.5 Å². The van der Waals surface area contributed by atoms with E-state index < -0.39 is 23.3 Å². The van der Waals surface area contributed by atoms with Gasteiger partial charge in [0.15, 0.2) is 6.10 Å². The molecule has 0 fully saturated rings. The maximum absolute atomic E-state index is 13.1. The van der Waals surface area contributed by atoms with Crippen LogP contribution in [-0.2, 0) is 4.79 Å². The van der Waals surface area contributed by atoms with Crippen molar-refractivity contribution in [2.24, 2.45) is 0 Å². The molecule has 0 N–H and O–H groups in total. The van der Waals surface area contributed by atoms with E-state index in [1.165, 1.54) is 12.1 Å². The maximum atomic E-state index is 13.1. The van der Waals surface area contributed by atoms with Crippen LogP contribution in [0, 0.1) is 3.57 Å². The van der Waals surface area contributed by atoms with Gasteiger partial charge in [-0.15, -0.1) is 0 Å². The lowest BCUT2D eigenvalue weighted by Gasteiger charge is -2.19. The van der Waals surface area contributed by atoms with Gasteiger partial charge in [-0.2, -0.15) is 13.2 Å². The zero-order valence-corrected chi connectivity index (χ0v) is 13.6. The molecule has 0 heterocycles. The highest BCUT2D eigenvalue weighted by atomic mass is 127. The quantitative estimate of drug-likeness (QED) is 0.270. The van der Waals surface area contributed by atoms with Gasteiger partial charge in [-0.3, -0.25) is 4.79 Å². The number of benzene rings is 1. The molecule has 0 bridgehead atoms. The average molecular weight is 471 g/mol. The molecule has 0 spiro atoms. The summed E-state index contributed by atoms with van der Waals surface area (Å²) < 4.78 is 60.7. The van der Waals surface area contributed by atoms with Crippen LogP contribution in [0.3, 0.4) is 0 Å². The molecule has 2 unspecified atom stereocenters. The molecule has 1 aromatic rings. The number of carbonyl (C=O) groups excluding carboxylic acids is 1. The number of halogens is 6. The van der Waals surface area contributed by atoms with Gasteiger partial charge in [-0.05, 0) is 57.6 Å². The highest BCUT2D eigenvalue weighted by Crippen LogP contribution is 2.33. The first kappa shape index (κ1) is 17.5. The van der Waals surface area contributed by atoms with Crippen molar-refractivity contribution in [2.45, 2.75) is 24.2 Å². The Kier molecular flexibility index (Phi) is 6.05. The van der Waals surface area contributed by atoms with Crippen molar-refractivity contribution in [1.29, 1.82) is 0 Å². The minimum Gasteiger partial charge on any atom is -0.479 e. The standard InChI is InChI=1S/C11H8BrF4IO3/c1-5(9(13)18)19-8-4-6(2-3-7(8)17)20-11(15,16)10(12)14/h2-5,10H,1H3. The van der Waals surface area contributed by atoms with Gasteiger partial charge in [0, 0.05) is 6.07 Å². The Labute approximate surface area is 133 Å². The van der Waals surface area contributed by atoms with E-state index in [9.17, 15) is 22.4 Å².